The first-order valence-electron chi connectivity index (χ1n) is 8.56. The summed E-state index contributed by atoms with van der Waals surface area (Å²) in [5.74, 6) is 0.795. The summed E-state index contributed by atoms with van der Waals surface area (Å²) in [5.41, 5.74) is 0. The monoisotopic (exact) mass is 275 g/mol. The van der Waals surface area contributed by atoms with Crippen LogP contribution in [-0.4, -0.2) is 37.2 Å². The van der Waals surface area contributed by atoms with E-state index in [-0.39, 0.29) is 0 Å². The minimum Gasteiger partial charge on any atom is -0.378 e. The van der Waals surface area contributed by atoms with E-state index < -0.39 is 0 Å². The molecule has 0 unspecified atom stereocenters. The molecule has 1 saturated heterocycles. The van der Waals surface area contributed by atoms with E-state index in [4.69, 9.17) is 4.74 Å². The number of hydrogen-bond acceptors (Lipinski definition) is 2. The highest BCUT2D eigenvalue weighted by Crippen LogP contribution is 2.14. The van der Waals surface area contributed by atoms with E-state index in [2.05, 4.69) is 25.7 Å². The number of piperidine rings is 1. The predicted octanol–water partition coefficient (Wildman–Crippen LogP) is 5.22. The molecular formula is C17H41NO. The molecule has 0 bridgehead atoms. The lowest BCUT2D eigenvalue weighted by Gasteiger charge is -2.32. The maximum absolute atomic E-state index is 5.61. The number of ether oxygens (including phenoxy) is 1. The fraction of sp³-hybridized carbons (Fsp3) is 1.00. The molecule has 19 heavy (non-hydrogen) atoms. The number of nitrogens with zero attached hydrogens (tertiary/aromatic N) is 1. The van der Waals surface area contributed by atoms with Crippen LogP contribution >= 0.6 is 0 Å². The van der Waals surface area contributed by atoms with Crippen LogP contribution in [0.3, 0.4) is 0 Å². The molecule has 2 nitrogen and oxygen atoms in total. The lowest BCUT2D eigenvalue weighted by Crippen LogP contribution is -2.38. The standard InChI is InChI=1S/C11H23NO.3C2H6/c1-4-13-11-5-7-12(8-6-11)9-10(2)3;3*1-2/h10-11H,4-9H2,1-3H3;3*1-2H3. The van der Waals surface area contributed by atoms with Crippen molar-refractivity contribution in [2.24, 2.45) is 5.92 Å². The van der Waals surface area contributed by atoms with Crippen molar-refractivity contribution >= 4 is 0 Å². The van der Waals surface area contributed by atoms with Crippen molar-refractivity contribution in [1.29, 1.82) is 0 Å². The Kier molecular flexibility index (Phi) is 25.5. The van der Waals surface area contributed by atoms with E-state index in [0.717, 1.165) is 12.5 Å². The van der Waals surface area contributed by atoms with E-state index in [1.165, 1.54) is 32.5 Å². The minimum atomic E-state index is 0.536. The van der Waals surface area contributed by atoms with Gasteiger partial charge in [0, 0.05) is 26.2 Å². The summed E-state index contributed by atoms with van der Waals surface area (Å²) in [6, 6.07) is 0. The first kappa shape index (κ1) is 24.0. The van der Waals surface area contributed by atoms with E-state index in [1.54, 1.807) is 0 Å². The Morgan fingerprint density at radius 1 is 0.947 bits per heavy atom. The smallest absolute Gasteiger partial charge is 0.0599 e. The average Bonchev–Trinajstić information content (AvgIpc) is 2.47. The molecule has 2 heteroatoms. The van der Waals surface area contributed by atoms with Gasteiger partial charge < -0.3 is 9.64 Å². The molecular weight excluding hydrogens is 234 g/mol. The zero-order valence-electron chi connectivity index (χ0n) is 15.3. The summed E-state index contributed by atoms with van der Waals surface area (Å²) in [7, 11) is 0. The Hall–Kier alpha value is -0.0800. The van der Waals surface area contributed by atoms with Crippen molar-refractivity contribution in [1.82, 2.24) is 4.90 Å². The summed E-state index contributed by atoms with van der Waals surface area (Å²) in [5, 5.41) is 0. The number of likely N-dealkylation sites (tertiary alicyclic amines) is 1. The van der Waals surface area contributed by atoms with Crippen LogP contribution in [0.1, 0.15) is 75.2 Å². The second-order valence-electron chi connectivity index (χ2n) is 4.35. The molecule has 1 fully saturated rings. The fourth-order valence-electron chi connectivity index (χ4n) is 2.01. The Bertz CT molecular complexity index is 129. The maximum Gasteiger partial charge on any atom is 0.0599 e. The molecule has 0 aliphatic carbocycles. The van der Waals surface area contributed by atoms with Gasteiger partial charge in [-0.15, -0.1) is 0 Å². The van der Waals surface area contributed by atoms with E-state index in [0.29, 0.717) is 6.10 Å². The first-order chi connectivity index (χ1) is 9.22. The molecule has 0 atom stereocenters. The zero-order valence-corrected chi connectivity index (χ0v) is 15.3. The number of hydrogen-bond donors (Lipinski definition) is 0. The lowest BCUT2D eigenvalue weighted by molar-refractivity contribution is 0.0120. The van der Waals surface area contributed by atoms with Crippen LogP contribution in [0, 0.1) is 5.92 Å². The van der Waals surface area contributed by atoms with Crippen molar-refractivity contribution < 1.29 is 4.74 Å². The van der Waals surface area contributed by atoms with Crippen LogP contribution in [0.2, 0.25) is 0 Å². The van der Waals surface area contributed by atoms with Crippen LogP contribution in [0.15, 0.2) is 0 Å². The highest BCUT2D eigenvalue weighted by molar-refractivity contribution is 4.72. The molecule has 0 N–H and O–H groups in total. The van der Waals surface area contributed by atoms with Crippen LogP contribution in [0.4, 0.5) is 0 Å². The third-order valence-electron chi connectivity index (χ3n) is 2.56. The van der Waals surface area contributed by atoms with Gasteiger partial charge in [-0.1, -0.05) is 55.4 Å². The van der Waals surface area contributed by atoms with Gasteiger partial charge in [-0.3, -0.25) is 0 Å². The van der Waals surface area contributed by atoms with Gasteiger partial charge in [0.2, 0.25) is 0 Å². The summed E-state index contributed by atoms with van der Waals surface area (Å²) in [4.78, 5) is 2.56. The summed E-state index contributed by atoms with van der Waals surface area (Å²) < 4.78 is 5.61. The lowest BCUT2D eigenvalue weighted by atomic mass is 10.1. The largest absolute Gasteiger partial charge is 0.378 e. The molecule has 0 spiro atoms. The Morgan fingerprint density at radius 2 is 1.37 bits per heavy atom. The van der Waals surface area contributed by atoms with E-state index in [9.17, 15) is 0 Å². The molecule has 1 aliphatic rings. The van der Waals surface area contributed by atoms with Crippen molar-refractivity contribution in [2.45, 2.75) is 81.3 Å². The highest BCUT2D eigenvalue weighted by Gasteiger charge is 2.19. The Morgan fingerprint density at radius 3 is 1.68 bits per heavy atom. The second kappa shape index (κ2) is 20.2. The zero-order chi connectivity index (χ0) is 15.7. The van der Waals surface area contributed by atoms with Crippen LogP contribution in [0.5, 0.6) is 0 Å². The van der Waals surface area contributed by atoms with Crippen molar-refractivity contribution in [3.05, 3.63) is 0 Å². The molecule has 1 heterocycles. The third-order valence-corrected chi connectivity index (χ3v) is 2.56. The van der Waals surface area contributed by atoms with Crippen LogP contribution in [0.25, 0.3) is 0 Å². The molecule has 1 aliphatic heterocycles. The topological polar surface area (TPSA) is 12.5 Å². The molecule has 0 aromatic rings. The molecule has 120 valence electrons. The van der Waals surface area contributed by atoms with E-state index >= 15 is 0 Å². The Labute approximate surface area is 123 Å². The van der Waals surface area contributed by atoms with Crippen LogP contribution < -0.4 is 0 Å². The van der Waals surface area contributed by atoms with Gasteiger partial charge in [-0.25, -0.2) is 0 Å². The van der Waals surface area contributed by atoms with Gasteiger partial charge in [-0.05, 0) is 25.7 Å². The van der Waals surface area contributed by atoms with Gasteiger partial charge in [0.05, 0.1) is 6.10 Å². The SMILES string of the molecule is CC.CC.CC.CCOC1CCN(CC(C)C)CC1. The number of rotatable bonds is 4. The normalized spacial score (nSPS) is 15.5. The highest BCUT2D eigenvalue weighted by atomic mass is 16.5. The quantitative estimate of drug-likeness (QED) is 0.697. The molecule has 0 radical (unpaired) electrons. The van der Waals surface area contributed by atoms with Gasteiger partial charge in [0.1, 0.15) is 0 Å². The molecule has 0 saturated carbocycles. The third kappa shape index (κ3) is 15.9. The first-order valence-corrected chi connectivity index (χ1v) is 8.56. The van der Waals surface area contributed by atoms with Gasteiger partial charge >= 0.3 is 0 Å². The summed E-state index contributed by atoms with van der Waals surface area (Å²) >= 11 is 0. The van der Waals surface area contributed by atoms with Gasteiger partial charge in [-0.2, -0.15) is 0 Å². The maximum atomic E-state index is 5.61. The molecule has 1 rings (SSSR count). The van der Waals surface area contributed by atoms with Gasteiger partial charge in [0.25, 0.3) is 0 Å². The summed E-state index contributed by atoms with van der Waals surface area (Å²) in [6.07, 6.45) is 2.98. The van der Waals surface area contributed by atoms with Crippen molar-refractivity contribution in [3.63, 3.8) is 0 Å². The van der Waals surface area contributed by atoms with E-state index in [1.807, 2.05) is 41.5 Å². The van der Waals surface area contributed by atoms with Crippen molar-refractivity contribution in [2.75, 3.05) is 26.2 Å². The van der Waals surface area contributed by atoms with Crippen molar-refractivity contribution in [3.8, 4) is 0 Å². The van der Waals surface area contributed by atoms with Gasteiger partial charge in [0.15, 0.2) is 0 Å². The predicted molar refractivity (Wildman–Crippen MR) is 90.0 cm³/mol. The molecule has 0 aromatic carbocycles. The summed E-state index contributed by atoms with van der Waals surface area (Å²) in [6.45, 7) is 23.2. The minimum absolute atomic E-state index is 0.536. The van der Waals surface area contributed by atoms with Crippen LogP contribution in [-0.2, 0) is 4.74 Å². The second-order valence-corrected chi connectivity index (χ2v) is 4.35. The molecule has 0 amide bonds. The molecule has 0 aromatic heterocycles. The Balaban J connectivity index is -0.000000375. The average molecular weight is 276 g/mol. The fourth-order valence-corrected chi connectivity index (χ4v) is 2.01.